The van der Waals surface area contributed by atoms with E-state index >= 15 is 0 Å². The number of unbranched alkanes of at least 4 members (excludes halogenated alkanes) is 23. The van der Waals surface area contributed by atoms with E-state index in [4.69, 9.17) is 14.2 Å². The van der Waals surface area contributed by atoms with Crippen molar-refractivity contribution < 1.29 is 38.4 Å². The zero-order valence-electron chi connectivity index (χ0n) is 34.7. The fourth-order valence-electron chi connectivity index (χ4n) is 6.42. The topological polar surface area (TPSA) is 165 Å². The summed E-state index contributed by atoms with van der Waals surface area (Å²) in [6, 6.07) is 2.49. The Labute approximate surface area is 336 Å². The van der Waals surface area contributed by atoms with Gasteiger partial charge in [-0.25, -0.2) is 4.79 Å². The lowest BCUT2D eigenvalue weighted by Gasteiger charge is -2.18. The minimum atomic E-state index is -1.11. The van der Waals surface area contributed by atoms with Gasteiger partial charge in [0.25, 0.3) is 11.4 Å². The largest absolute Gasteiger partial charge is 0.462 e. The molecular weight excluding hydrogens is 716 g/mol. The molecule has 318 valence electrons. The molecule has 0 unspecified atom stereocenters. The molecule has 1 aromatic carbocycles. The molecule has 0 heterocycles. The second kappa shape index (κ2) is 34.4. The number of ether oxygens (including phenoxy) is 3. The third kappa shape index (κ3) is 27.7. The van der Waals surface area contributed by atoms with Crippen LogP contribution in [0.1, 0.15) is 204 Å². The van der Waals surface area contributed by atoms with Gasteiger partial charge in [0, 0.05) is 25.0 Å². The Kier molecular flexibility index (Phi) is 30.8. The van der Waals surface area contributed by atoms with Crippen LogP contribution in [-0.2, 0) is 23.8 Å². The number of nitrogens with zero attached hydrogens (tertiary/aromatic N) is 2. The second-order valence-corrected chi connectivity index (χ2v) is 15.0. The van der Waals surface area contributed by atoms with Crippen molar-refractivity contribution in [3.63, 3.8) is 0 Å². The minimum Gasteiger partial charge on any atom is -0.462 e. The van der Waals surface area contributed by atoms with Crippen LogP contribution in [-0.4, -0.2) is 47.1 Å². The van der Waals surface area contributed by atoms with Gasteiger partial charge in [-0.1, -0.05) is 154 Å². The first-order chi connectivity index (χ1) is 27.2. The molecule has 1 rings (SSSR count). The van der Waals surface area contributed by atoms with E-state index in [1.54, 1.807) is 0 Å². The molecule has 0 bridgehead atoms. The maximum Gasteiger partial charge on any atom is 0.338 e. The first kappa shape index (κ1) is 50.2. The molecule has 0 aromatic heterocycles. The Morgan fingerprint density at radius 2 is 0.911 bits per heavy atom. The Hall–Kier alpha value is -3.83. The standard InChI is InChI=1S/C44H72N2O10/c1-3-5-7-9-11-13-15-17-18-20-22-24-26-28-30-32-43(48)56-41(37-55-44(49)38-33-39(45(50)51)35-40(34-38)46(52)53)36-54-42(47)31-29-27-25-23-21-19-16-14-12-10-8-6-4-2/h17-18,33-35,41H,3-16,19-32,36-37H2,1-2H3/b18-17-/t41-/m1/s1. The Morgan fingerprint density at radius 3 is 1.34 bits per heavy atom. The molecule has 1 aromatic rings. The summed E-state index contributed by atoms with van der Waals surface area (Å²) in [5, 5.41) is 22.5. The highest BCUT2D eigenvalue weighted by Gasteiger charge is 2.24. The summed E-state index contributed by atoms with van der Waals surface area (Å²) in [5.74, 6) is -2.05. The van der Waals surface area contributed by atoms with Gasteiger partial charge in [-0.3, -0.25) is 29.8 Å². The van der Waals surface area contributed by atoms with Crippen LogP contribution in [0.3, 0.4) is 0 Å². The van der Waals surface area contributed by atoms with Crippen molar-refractivity contribution in [2.75, 3.05) is 13.2 Å². The van der Waals surface area contributed by atoms with Crippen molar-refractivity contribution in [2.45, 2.75) is 200 Å². The van der Waals surface area contributed by atoms with E-state index in [2.05, 4.69) is 26.0 Å². The first-order valence-corrected chi connectivity index (χ1v) is 21.8. The zero-order valence-corrected chi connectivity index (χ0v) is 34.7. The van der Waals surface area contributed by atoms with Crippen molar-refractivity contribution in [3.8, 4) is 0 Å². The summed E-state index contributed by atoms with van der Waals surface area (Å²) in [6.07, 6.45) is 33.9. The Balaban J connectivity index is 2.49. The summed E-state index contributed by atoms with van der Waals surface area (Å²) in [6.45, 7) is 3.63. The normalized spacial score (nSPS) is 11.8. The van der Waals surface area contributed by atoms with Crippen LogP contribution < -0.4 is 0 Å². The predicted octanol–water partition coefficient (Wildman–Crippen LogP) is 12.6. The molecule has 0 spiro atoms. The average molecular weight is 789 g/mol. The predicted molar refractivity (Wildman–Crippen MR) is 221 cm³/mol. The number of rotatable bonds is 37. The van der Waals surface area contributed by atoms with Crippen LogP contribution in [0.25, 0.3) is 0 Å². The highest BCUT2D eigenvalue weighted by atomic mass is 16.6. The molecule has 0 aliphatic rings. The van der Waals surface area contributed by atoms with E-state index in [1.165, 1.54) is 96.3 Å². The fourth-order valence-corrected chi connectivity index (χ4v) is 6.42. The lowest BCUT2D eigenvalue weighted by molar-refractivity contribution is -0.394. The van der Waals surface area contributed by atoms with Crippen LogP contribution >= 0.6 is 0 Å². The number of nitro groups is 2. The monoisotopic (exact) mass is 789 g/mol. The van der Waals surface area contributed by atoms with E-state index < -0.39 is 57.4 Å². The SMILES string of the molecule is CCCCCCCC/C=C\CCCCCCCC(=O)O[C@H](COC(=O)CCCCCCCCCCCCCCC)COC(=O)c1cc([N+](=O)[O-])cc([N+](=O)[O-])c1. The third-order valence-corrected chi connectivity index (χ3v) is 9.82. The number of non-ortho nitro benzene ring substituents is 2. The van der Waals surface area contributed by atoms with Gasteiger partial charge in [0.2, 0.25) is 0 Å². The van der Waals surface area contributed by atoms with E-state index in [1.807, 2.05) is 0 Å². The molecular formula is C44H72N2O10. The smallest absolute Gasteiger partial charge is 0.338 e. The van der Waals surface area contributed by atoms with Crippen molar-refractivity contribution in [3.05, 3.63) is 56.1 Å². The van der Waals surface area contributed by atoms with Crippen LogP contribution in [0.2, 0.25) is 0 Å². The van der Waals surface area contributed by atoms with Gasteiger partial charge in [-0.05, 0) is 38.5 Å². The number of benzene rings is 1. The van der Waals surface area contributed by atoms with Crippen molar-refractivity contribution in [1.29, 1.82) is 0 Å². The highest BCUT2D eigenvalue weighted by molar-refractivity contribution is 5.91. The van der Waals surface area contributed by atoms with Gasteiger partial charge >= 0.3 is 17.9 Å². The molecule has 0 radical (unpaired) electrons. The second-order valence-electron chi connectivity index (χ2n) is 15.0. The Bertz CT molecular complexity index is 1240. The molecule has 0 fully saturated rings. The first-order valence-electron chi connectivity index (χ1n) is 21.8. The molecule has 1 atom stereocenters. The average Bonchev–Trinajstić information content (AvgIpc) is 3.18. The van der Waals surface area contributed by atoms with E-state index in [-0.39, 0.29) is 19.4 Å². The summed E-state index contributed by atoms with van der Waals surface area (Å²) in [4.78, 5) is 58.9. The van der Waals surface area contributed by atoms with Crippen molar-refractivity contribution >= 4 is 29.3 Å². The van der Waals surface area contributed by atoms with Crippen LogP contribution in [0, 0.1) is 20.2 Å². The summed E-state index contributed by atoms with van der Waals surface area (Å²) in [7, 11) is 0. The fraction of sp³-hybridized carbons (Fsp3) is 0.750. The molecule has 12 heteroatoms. The number of hydrogen-bond acceptors (Lipinski definition) is 10. The maximum absolute atomic E-state index is 12.8. The highest BCUT2D eigenvalue weighted by Crippen LogP contribution is 2.23. The lowest BCUT2D eigenvalue weighted by Crippen LogP contribution is -2.31. The molecule has 0 N–H and O–H groups in total. The van der Waals surface area contributed by atoms with Crippen molar-refractivity contribution in [1.82, 2.24) is 0 Å². The number of esters is 3. The summed E-state index contributed by atoms with van der Waals surface area (Å²) < 4.78 is 16.2. The van der Waals surface area contributed by atoms with E-state index in [0.29, 0.717) is 12.8 Å². The van der Waals surface area contributed by atoms with E-state index in [0.717, 1.165) is 76.0 Å². The van der Waals surface area contributed by atoms with Crippen LogP contribution in [0.4, 0.5) is 11.4 Å². The van der Waals surface area contributed by atoms with E-state index in [9.17, 15) is 34.6 Å². The zero-order chi connectivity index (χ0) is 41.1. The van der Waals surface area contributed by atoms with Crippen molar-refractivity contribution in [2.24, 2.45) is 0 Å². The molecule has 56 heavy (non-hydrogen) atoms. The Morgan fingerprint density at radius 1 is 0.536 bits per heavy atom. The molecule has 0 amide bonds. The number of carbonyl (C=O) groups is 3. The molecule has 0 aliphatic heterocycles. The molecule has 12 nitrogen and oxygen atoms in total. The quantitative estimate of drug-likeness (QED) is 0.0158. The van der Waals surface area contributed by atoms with Gasteiger partial charge in [0.1, 0.15) is 13.2 Å². The van der Waals surface area contributed by atoms with Gasteiger partial charge in [-0.15, -0.1) is 0 Å². The number of allylic oxidation sites excluding steroid dienone is 2. The molecule has 0 aliphatic carbocycles. The molecule has 0 saturated carbocycles. The number of nitro benzene ring substituents is 2. The van der Waals surface area contributed by atoms with Crippen LogP contribution in [0.5, 0.6) is 0 Å². The van der Waals surface area contributed by atoms with Gasteiger partial charge in [0.05, 0.1) is 21.5 Å². The lowest BCUT2D eigenvalue weighted by atomic mass is 10.0. The summed E-state index contributed by atoms with van der Waals surface area (Å²) >= 11 is 0. The van der Waals surface area contributed by atoms with Gasteiger partial charge < -0.3 is 14.2 Å². The third-order valence-electron chi connectivity index (χ3n) is 9.82. The summed E-state index contributed by atoms with van der Waals surface area (Å²) in [5.41, 5.74) is -1.68. The minimum absolute atomic E-state index is 0.145. The van der Waals surface area contributed by atoms with Gasteiger partial charge in [-0.2, -0.15) is 0 Å². The molecule has 0 saturated heterocycles. The maximum atomic E-state index is 12.8. The van der Waals surface area contributed by atoms with Crippen LogP contribution in [0.15, 0.2) is 30.4 Å². The van der Waals surface area contributed by atoms with Gasteiger partial charge in [0.15, 0.2) is 6.10 Å². The number of hydrogen-bond donors (Lipinski definition) is 0. The number of carbonyl (C=O) groups excluding carboxylic acids is 3.